The third-order valence-electron chi connectivity index (χ3n) is 3.58. The number of nitrogens with zero attached hydrogens (tertiary/aromatic N) is 2. The number of anilines is 1. The summed E-state index contributed by atoms with van der Waals surface area (Å²) in [5, 5.41) is 7.70. The molecule has 1 N–H and O–H groups in total. The van der Waals surface area contributed by atoms with Gasteiger partial charge in [-0.2, -0.15) is 4.98 Å². The predicted octanol–water partition coefficient (Wildman–Crippen LogP) is 4.62. The first kappa shape index (κ1) is 18.2. The highest BCUT2D eigenvalue weighted by Gasteiger charge is 2.14. The molecule has 1 heterocycles. The van der Waals surface area contributed by atoms with Crippen LogP contribution in [-0.4, -0.2) is 23.2 Å². The summed E-state index contributed by atoms with van der Waals surface area (Å²) in [4.78, 5) is 16.5. The molecule has 2 aromatic carbocycles. The van der Waals surface area contributed by atoms with E-state index in [1.54, 1.807) is 30.3 Å². The Morgan fingerprint density at radius 2 is 2.04 bits per heavy atom. The summed E-state index contributed by atoms with van der Waals surface area (Å²) in [6.45, 7) is 0. The maximum absolute atomic E-state index is 12.2. The summed E-state index contributed by atoms with van der Waals surface area (Å²) < 4.78 is 10.4. The second-order valence-electron chi connectivity index (χ2n) is 5.38. The Labute approximate surface area is 160 Å². The van der Waals surface area contributed by atoms with Gasteiger partial charge in [0.1, 0.15) is 5.75 Å². The van der Waals surface area contributed by atoms with Crippen LogP contribution in [0.25, 0.3) is 11.4 Å². The number of ether oxygens (including phenoxy) is 1. The summed E-state index contributed by atoms with van der Waals surface area (Å²) in [5.41, 5.74) is 1.18. The molecule has 1 amide bonds. The van der Waals surface area contributed by atoms with Gasteiger partial charge in [0, 0.05) is 23.4 Å². The molecule has 0 bridgehead atoms. The molecule has 8 heteroatoms. The van der Waals surface area contributed by atoms with Crippen LogP contribution in [0.2, 0.25) is 10.0 Å². The van der Waals surface area contributed by atoms with Crippen molar-refractivity contribution >= 4 is 34.8 Å². The van der Waals surface area contributed by atoms with E-state index in [4.69, 9.17) is 32.5 Å². The molecule has 0 spiro atoms. The quantitative estimate of drug-likeness (QED) is 0.662. The highest BCUT2D eigenvalue weighted by Crippen LogP contribution is 2.28. The van der Waals surface area contributed by atoms with E-state index in [1.165, 1.54) is 7.11 Å². The van der Waals surface area contributed by atoms with Gasteiger partial charge in [-0.3, -0.25) is 4.79 Å². The van der Waals surface area contributed by atoms with Gasteiger partial charge in [-0.15, -0.1) is 0 Å². The number of carbonyl (C=O) groups is 1. The fraction of sp³-hybridized carbons (Fsp3) is 0.167. The fourth-order valence-electron chi connectivity index (χ4n) is 2.32. The molecule has 0 aliphatic heterocycles. The molecule has 134 valence electrons. The minimum Gasteiger partial charge on any atom is -0.495 e. The average molecular weight is 392 g/mol. The number of aromatic nitrogens is 2. The van der Waals surface area contributed by atoms with Gasteiger partial charge in [0.15, 0.2) is 0 Å². The summed E-state index contributed by atoms with van der Waals surface area (Å²) in [6.07, 6.45) is 0.464. The second kappa shape index (κ2) is 8.21. The lowest BCUT2D eigenvalue weighted by molar-refractivity contribution is -0.116. The first-order chi connectivity index (χ1) is 12.6. The maximum atomic E-state index is 12.2. The molecule has 0 aliphatic carbocycles. The van der Waals surface area contributed by atoms with Gasteiger partial charge < -0.3 is 14.6 Å². The lowest BCUT2D eigenvalue weighted by Gasteiger charge is -2.10. The van der Waals surface area contributed by atoms with Crippen LogP contribution in [0.1, 0.15) is 12.3 Å². The van der Waals surface area contributed by atoms with E-state index in [9.17, 15) is 4.79 Å². The van der Waals surface area contributed by atoms with Crippen LogP contribution in [0.15, 0.2) is 47.0 Å². The molecule has 26 heavy (non-hydrogen) atoms. The summed E-state index contributed by atoms with van der Waals surface area (Å²) in [6, 6.07) is 12.2. The van der Waals surface area contributed by atoms with E-state index in [-0.39, 0.29) is 12.3 Å². The monoisotopic (exact) mass is 391 g/mol. The van der Waals surface area contributed by atoms with E-state index in [0.29, 0.717) is 45.2 Å². The Hall–Kier alpha value is -2.57. The molecule has 0 atom stereocenters. The van der Waals surface area contributed by atoms with Gasteiger partial charge in [-0.25, -0.2) is 0 Å². The second-order valence-corrected chi connectivity index (χ2v) is 6.23. The van der Waals surface area contributed by atoms with E-state index in [1.807, 2.05) is 12.1 Å². The number of hydrogen-bond donors (Lipinski definition) is 1. The molecule has 3 rings (SSSR count). The first-order valence-electron chi connectivity index (χ1n) is 7.77. The summed E-state index contributed by atoms with van der Waals surface area (Å²) in [5.74, 6) is 1.06. The molecule has 1 aromatic heterocycles. The lowest BCUT2D eigenvalue weighted by atomic mass is 10.2. The number of amides is 1. The fourth-order valence-corrected chi connectivity index (χ4v) is 2.71. The van der Waals surface area contributed by atoms with Gasteiger partial charge in [0.25, 0.3) is 0 Å². The summed E-state index contributed by atoms with van der Waals surface area (Å²) >= 11 is 12.1. The number of benzene rings is 2. The van der Waals surface area contributed by atoms with Crippen molar-refractivity contribution in [3.63, 3.8) is 0 Å². The standard InChI is InChI=1S/C18H15Cl2N3O3/c1-25-15-7-6-11(19)10-14(15)21-16(24)8-9-17-22-18(23-26-17)12-4-2-3-5-13(12)20/h2-7,10H,8-9H2,1H3,(H,21,24). The van der Waals surface area contributed by atoms with E-state index in [2.05, 4.69) is 15.5 Å². The van der Waals surface area contributed by atoms with E-state index >= 15 is 0 Å². The zero-order valence-corrected chi connectivity index (χ0v) is 15.3. The minimum atomic E-state index is -0.219. The van der Waals surface area contributed by atoms with Crippen molar-refractivity contribution in [2.24, 2.45) is 0 Å². The number of aryl methyl sites for hydroxylation is 1. The molecule has 0 aliphatic rings. The topological polar surface area (TPSA) is 77.2 Å². The maximum Gasteiger partial charge on any atom is 0.227 e. The van der Waals surface area contributed by atoms with Crippen molar-refractivity contribution in [3.8, 4) is 17.1 Å². The lowest BCUT2D eigenvalue weighted by Crippen LogP contribution is -2.13. The molecule has 0 saturated heterocycles. The Morgan fingerprint density at radius 1 is 1.23 bits per heavy atom. The molecule has 3 aromatic rings. The first-order valence-corrected chi connectivity index (χ1v) is 8.53. The smallest absolute Gasteiger partial charge is 0.227 e. The summed E-state index contributed by atoms with van der Waals surface area (Å²) in [7, 11) is 1.52. The van der Waals surface area contributed by atoms with Crippen LogP contribution >= 0.6 is 23.2 Å². The molecule has 0 unspecified atom stereocenters. The van der Waals surface area contributed by atoms with Gasteiger partial charge in [0.05, 0.1) is 17.8 Å². The Morgan fingerprint density at radius 3 is 2.81 bits per heavy atom. The number of rotatable bonds is 6. The van der Waals surface area contributed by atoms with Crippen LogP contribution in [0.3, 0.4) is 0 Å². The van der Waals surface area contributed by atoms with Crippen molar-refractivity contribution in [3.05, 3.63) is 58.4 Å². The highest BCUT2D eigenvalue weighted by molar-refractivity contribution is 6.33. The largest absolute Gasteiger partial charge is 0.495 e. The number of hydrogen-bond acceptors (Lipinski definition) is 5. The number of nitrogens with one attached hydrogen (secondary N) is 1. The molecule has 0 saturated carbocycles. The zero-order chi connectivity index (χ0) is 18.5. The number of halogens is 2. The van der Waals surface area contributed by atoms with Crippen molar-refractivity contribution in [1.82, 2.24) is 10.1 Å². The Kier molecular flexibility index (Phi) is 5.75. The van der Waals surface area contributed by atoms with Crippen molar-refractivity contribution < 1.29 is 14.1 Å². The number of carbonyl (C=O) groups excluding carboxylic acids is 1. The van der Waals surface area contributed by atoms with Gasteiger partial charge in [-0.1, -0.05) is 40.5 Å². The van der Waals surface area contributed by atoms with Gasteiger partial charge in [0.2, 0.25) is 17.6 Å². The highest BCUT2D eigenvalue weighted by atomic mass is 35.5. The SMILES string of the molecule is COc1ccc(Cl)cc1NC(=O)CCc1nc(-c2ccccc2Cl)no1. The average Bonchev–Trinajstić information content (AvgIpc) is 3.09. The van der Waals surface area contributed by atoms with Crippen LogP contribution in [-0.2, 0) is 11.2 Å². The van der Waals surface area contributed by atoms with Gasteiger partial charge >= 0.3 is 0 Å². The van der Waals surface area contributed by atoms with E-state index in [0.717, 1.165) is 0 Å². The molecular formula is C18H15Cl2N3O3. The van der Waals surface area contributed by atoms with Crippen LogP contribution in [0.4, 0.5) is 5.69 Å². The molecular weight excluding hydrogens is 377 g/mol. The van der Waals surface area contributed by atoms with Gasteiger partial charge in [-0.05, 0) is 30.3 Å². The van der Waals surface area contributed by atoms with Crippen molar-refractivity contribution in [2.75, 3.05) is 12.4 Å². The molecule has 0 radical (unpaired) electrons. The van der Waals surface area contributed by atoms with Crippen LogP contribution in [0, 0.1) is 0 Å². The van der Waals surface area contributed by atoms with Crippen molar-refractivity contribution in [1.29, 1.82) is 0 Å². The van der Waals surface area contributed by atoms with Crippen LogP contribution < -0.4 is 10.1 Å². The van der Waals surface area contributed by atoms with Crippen molar-refractivity contribution in [2.45, 2.75) is 12.8 Å². The number of methoxy groups -OCH3 is 1. The third kappa shape index (κ3) is 4.33. The normalized spacial score (nSPS) is 10.6. The zero-order valence-electron chi connectivity index (χ0n) is 13.8. The van der Waals surface area contributed by atoms with E-state index < -0.39 is 0 Å². The molecule has 0 fully saturated rings. The molecule has 6 nitrogen and oxygen atoms in total. The Bertz CT molecular complexity index is 928. The third-order valence-corrected chi connectivity index (χ3v) is 4.15. The van der Waals surface area contributed by atoms with Crippen LogP contribution in [0.5, 0.6) is 5.75 Å². The minimum absolute atomic E-state index is 0.166. The Balaban J connectivity index is 1.62. The predicted molar refractivity (Wildman–Crippen MR) is 99.7 cm³/mol.